The van der Waals surface area contributed by atoms with E-state index in [1.54, 1.807) is 30.5 Å². The molecule has 0 aliphatic carbocycles. The molecule has 0 saturated carbocycles. The lowest BCUT2D eigenvalue weighted by atomic mass is 10.1. The second-order valence-electron chi connectivity index (χ2n) is 6.01. The number of carbonyl (C=O) groups is 1. The smallest absolute Gasteiger partial charge is 0.264 e. The molecule has 7 heteroatoms. The molecule has 0 radical (unpaired) electrons. The van der Waals surface area contributed by atoms with Gasteiger partial charge in [-0.05, 0) is 48.9 Å². The molecule has 1 heterocycles. The van der Waals surface area contributed by atoms with Gasteiger partial charge in [-0.15, -0.1) is 0 Å². The summed E-state index contributed by atoms with van der Waals surface area (Å²) in [6, 6.07) is 14.3. The van der Waals surface area contributed by atoms with E-state index in [1.807, 2.05) is 31.2 Å². The summed E-state index contributed by atoms with van der Waals surface area (Å²) >= 11 is 6.05. The maximum Gasteiger partial charge on any atom is 0.264 e. The van der Waals surface area contributed by atoms with Crippen molar-refractivity contribution in [2.45, 2.75) is 6.92 Å². The molecule has 0 aliphatic rings. The lowest BCUT2D eigenvalue weighted by molar-refractivity contribution is 0.102. The number of hydrogen-bond acceptors (Lipinski definition) is 5. The summed E-state index contributed by atoms with van der Waals surface area (Å²) in [6.07, 6.45) is 1.63. The minimum absolute atomic E-state index is 0.311. The fourth-order valence-electron chi connectivity index (χ4n) is 2.68. The van der Waals surface area contributed by atoms with Crippen molar-refractivity contribution in [3.05, 3.63) is 70.9 Å². The van der Waals surface area contributed by atoms with Crippen LogP contribution in [-0.4, -0.2) is 25.1 Å². The lowest BCUT2D eigenvalue weighted by Crippen LogP contribution is -2.15. The molecule has 1 amide bonds. The standard InChI is InChI=1S/C21H20ClN3O3/c1-13-7-8-14(22)11-16(13)24-15-9-10-19(23-12-15)25-21(26)20-17(27-2)5-4-6-18(20)28-3/h4-12,24H,1-3H3,(H,23,25,26). The fourth-order valence-corrected chi connectivity index (χ4v) is 2.85. The Morgan fingerprint density at radius 1 is 1.04 bits per heavy atom. The lowest BCUT2D eigenvalue weighted by Gasteiger charge is -2.13. The van der Waals surface area contributed by atoms with Gasteiger partial charge in [-0.1, -0.05) is 23.7 Å². The number of amides is 1. The zero-order valence-electron chi connectivity index (χ0n) is 15.7. The van der Waals surface area contributed by atoms with Crippen LogP contribution in [0.2, 0.25) is 5.02 Å². The van der Waals surface area contributed by atoms with Crippen LogP contribution in [0.4, 0.5) is 17.2 Å². The van der Waals surface area contributed by atoms with Crippen molar-refractivity contribution in [2.24, 2.45) is 0 Å². The minimum Gasteiger partial charge on any atom is -0.496 e. The van der Waals surface area contributed by atoms with Crippen LogP contribution >= 0.6 is 11.6 Å². The van der Waals surface area contributed by atoms with Crippen molar-refractivity contribution in [3.63, 3.8) is 0 Å². The normalized spacial score (nSPS) is 10.3. The molecule has 0 atom stereocenters. The predicted octanol–water partition coefficient (Wildman–Crippen LogP) is 5.06. The summed E-state index contributed by atoms with van der Waals surface area (Å²) in [7, 11) is 3.00. The number of methoxy groups -OCH3 is 2. The molecule has 28 heavy (non-hydrogen) atoms. The van der Waals surface area contributed by atoms with Gasteiger partial charge >= 0.3 is 0 Å². The van der Waals surface area contributed by atoms with Crippen LogP contribution in [0.25, 0.3) is 0 Å². The van der Waals surface area contributed by atoms with E-state index >= 15 is 0 Å². The Balaban J connectivity index is 1.76. The first kappa shape index (κ1) is 19.5. The number of pyridine rings is 1. The average Bonchev–Trinajstić information content (AvgIpc) is 2.71. The quantitative estimate of drug-likeness (QED) is 0.608. The molecule has 0 fully saturated rings. The molecule has 6 nitrogen and oxygen atoms in total. The molecule has 2 aromatic carbocycles. The Hall–Kier alpha value is -3.25. The zero-order valence-corrected chi connectivity index (χ0v) is 16.5. The van der Waals surface area contributed by atoms with Crippen molar-refractivity contribution < 1.29 is 14.3 Å². The fraction of sp³-hybridized carbons (Fsp3) is 0.143. The van der Waals surface area contributed by atoms with Gasteiger partial charge in [0, 0.05) is 10.7 Å². The highest BCUT2D eigenvalue weighted by atomic mass is 35.5. The zero-order chi connectivity index (χ0) is 20.1. The average molecular weight is 398 g/mol. The number of halogens is 1. The molecule has 0 aliphatic heterocycles. The number of nitrogens with zero attached hydrogens (tertiary/aromatic N) is 1. The summed E-state index contributed by atoms with van der Waals surface area (Å²) in [5, 5.41) is 6.67. The third-order valence-corrected chi connectivity index (χ3v) is 4.37. The number of nitrogens with one attached hydrogen (secondary N) is 2. The molecule has 3 aromatic rings. The van der Waals surface area contributed by atoms with Crippen LogP contribution < -0.4 is 20.1 Å². The number of aromatic nitrogens is 1. The van der Waals surface area contributed by atoms with E-state index in [2.05, 4.69) is 15.6 Å². The Morgan fingerprint density at radius 2 is 1.75 bits per heavy atom. The molecule has 3 rings (SSSR count). The topological polar surface area (TPSA) is 72.5 Å². The van der Waals surface area contributed by atoms with E-state index in [-0.39, 0.29) is 5.91 Å². The van der Waals surface area contributed by atoms with Gasteiger partial charge in [-0.2, -0.15) is 0 Å². The molecular formula is C21H20ClN3O3. The highest BCUT2D eigenvalue weighted by Crippen LogP contribution is 2.29. The second-order valence-corrected chi connectivity index (χ2v) is 6.44. The summed E-state index contributed by atoms with van der Waals surface area (Å²) < 4.78 is 10.5. The van der Waals surface area contributed by atoms with Gasteiger partial charge in [-0.3, -0.25) is 4.79 Å². The molecular weight excluding hydrogens is 378 g/mol. The third kappa shape index (κ3) is 4.35. The SMILES string of the molecule is COc1cccc(OC)c1C(=O)Nc1ccc(Nc2cc(Cl)ccc2C)cn1. The summed E-state index contributed by atoms with van der Waals surface area (Å²) in [5.41, 5.74) is 3.04. The van der Waals surface area contributed by atoms with E-state index in [1.165, 1.54) is 14.2 Å². The minimum atomic E-state index is -0.367. The van der Waals surface area contributed by atoms with Gasteiger partial charge in [-0.25, -0.2) is 4.98 Å². The molecule has 0 bridgehead atoms. The largest absolute Gasteiger partial charge is 0.496 e. The summed E-state index contributed by atoms with van der Waals surface area (Å²) in [5.74, 6) is 0.887. The summed E-state index contributed by atoms with van der Waals surface area (Å²) in [4.78, 5) is 17.0. The van der Waals surface area contributed by atoms with Gasteiger partial charge in [0.1, 0.15) is 22.9 Å². The highest BCUT2D eigenvalue weighted by Gasteiger charge is 2.18. The van der Waals surface area contributed by atoms with Gasteiger partial charge < -0.3 is 20.1 Å². The van der Waals surface area contributed by atoms with Crippen LogP contribution in [0.15, 0.2) is 54.7 Å². The van der Waals surface area contributed by atoms with Gasteiger partial charge in [0.05, 0.1) is 26.1 Å². The number of aryl methyl sites for hydroxylation is 1. The maximum atomic E-state index is 12.7. The van der Waals surface area contributed by atoms with Crippen LogP contribution in [-0.2, 0) is 0 Å². The van der Waals surface area contributed by atoms with Crippen molar-refractivity contribution in [3.8, 4) is 11.5 Å². The first-order chi connectivity index (χ1) is 13.5. The Kier molecular flexibility index (Phi) is 6.01. The van der Waals surface area contributed by atoms with Gasteiger partial charge in [0.2, 0.25) is 0 Å². The van der Waals surface area contributed by atoms with Crippen molar-refractivity contribution in [1.29, 1.82) is 0 Å². The number of rotatable bonds is 6. The monoisotopic (exact) mass is 397 g/mol. The first-order valence-electron chi connectivity index (χ1n) is 8.53. The van der Waals surface area contributed by atoms with Crippen LogP contribution in [0, 0.1) is 6.92 Å². The maximum absolute atomic E-state index is 12.7. The molecule has 144 valence electrons. The van der Waals surface area contributed by atoms with Crippen LogP contribution in [0.3, 0.4) is 0 Å². The van der Waals surface area contributed by atoms with Gasteiger partial charge in [0.15, 0.2) is 0 Å². The number of hydrogen-bond donors (Lipinski definition) is 2. The first-order valence-corrected chi connectivity index (χ1v) is 8.91. The van der Waals surface area contributed by atoms with Crippen molar-refractivity contribution in [1.82, 2.24) is 4.98 Å². The van der Waals surface area contributed by atoms with E-state index in [0.29, 0.717) is 27.9 Å². The van der Waals surface area contributed by atoms with Crippen LogP contribution in [0.1, 0.15) is 15.9 Å². The van der Waals surface area contributed by atoms with Crippen molar-refractivity contribution >= 4 is 34.7 Å². The number of ether oxygens (including phenoxy) is 2. The molecule has 2 N–H and O–H groups in total. The Bertz CT molecular complexity index is 968. The second kappa shape index (κ2) is 8.63. The van der Waals surface area contributed by atoms with Crippen LogP contribution in [0.5, 0.6) is 11.5 Å². The van der Waals surface area contributed by atoms with E-state index in [4.69, 9.17) is 21.1 Å². The van der Waals surface area contributed by atoms with E-state index in [9.17, 15) is 4.79 Å². The highest BCUT2D eigenvalue weighted by molar-refractivity contribution is 6.30. The molecule has 0 unspecified atom stereocenters. The summed E-state index contributed by atoms with van der Waals surface area (Å²) in [6.45, 7) is 1.99. The number of anilines is 3. The molecule has 1 aromatic heterocycles. The van der Waals surface area contributed by atoms with Crippen molar-refractivity contribution in [2.75, 3.05) is 24.9 Å². The third-order valence-electron chi connectivity index (χ3n) is 4.14. The Labute approximate surface area is 168 Å². The van der Waals surface area contributed by atoms with E-state index < -0.39 is 0 Å². The molecule has 0 saturated heterocycles. The number of benzene rings is 2. The Morgan fingerprint density at radius 3 is 2.36 bits per heavy atom. The van der Waals surface area contributed by atoms with Gasteiger partial charge in [0.25, 0.3) is 5.91 Å². The predicted molar refractivity (Wildman–Crippen MR) is 111 cm³/mol. The molecule has 0 spiro atoms. The number of carbonyl (C=O) groups excluding carboxylic acids is 1. The van der Waals surface area contributed by atoms with E-state index in [0.717, 1.165) is 16.9 Å².